The maximum Gasteiger partial charge on any atom is 0.214 e. The first-order valence-corrected chi connectivity index (χ1v) is 5.39. The van der Waals surface area contributed by atoms with E-state index < -0.39 is 5.95 Å². The maximum atomic E-state index is 12.8. The van der Waals surface area contributed by atoms with Gasteiger partial charge < -0.3 is 11.1 Å². The summed E-state index contributed by atoms with van der Waals surface area (Å²) in [6, 6.07) is 5.15. The SMILES string of the molecule is NCC1CCCC1Nc1cccc(F)n1. The Kier molecular flexibility index (Phi) is 3.16. The van der Waals surface area contributed by atoms with Gasteiger partial charge in [0.15, 0.2) is 0 Å². The molecule has 1 heterocycles. The molecule has 0 aromatic carbocycles. The number of hydrogen-bond donors (Lipinski definition) is 2. The Hall–Kier alpha value is -1.16. The number of halogens is 1. The van der Waals surface area contributed by atoms with Crippen LogP contribution < -0.4 is 11.1 Å². The summed E-state index contributed by atoms with van der Waals surface area (Å²) in [5.41, 5.74) is 5.67. The topological polar surface area (TPSA) is 50.9 Å². The van der Waals surface area contributed by atoms with Crippen molar-refractivity contribution < 1.29 is 4.39 Å². The third kappa shape index (κ3) is 2.45. The molecule has 2 rings (SSSR count). The second-order valence-electron chi connectivity index (χ2n) is 4.02. The summed E-state index contributed by atoms with van der Waals surface area (Å²) >= 11 is 0. The van der Waals surface area contributed by atoms with Crippen LogP contribution in [0.5, 0.6) is 0 Å². The fourth-order valence-electron chi connectivity index (χ4n) is 2.19. The van der Waals surface area contributed by atoms with Gasteiger partial charge in [-0.2, -0.15) is 4.39 Å². The molecule has 3 N–H and O–H groups in total. The van der Waals surface area contributed by atoms with Crippen molar-refractivity contribution >= 4 is 5.82 Å². The van der Waals surface area contributed by atoms with Crippen LogP contribution in [0, 0.1) is 11.9 Å². The normalized spacial score (nSPS) is 25.5. The molecule has 2 atom stereocenters. The molecule has 1 aliphatic carbocycles. The van der Waals surface area contributed by atoms with Gasteiger partial charge in [-0.1, -0.05) is 12.5 Å². The quantitative estimate of drug-likeness (QED) is 0.746. The summed E-state index contributed by atoms with van der Waals surface area (Å²) in [7, 11) is 0. The number of nitrogens with one attached hydrogen (secondary N) is 1. The Morgan fingerprint density at radius 2 is 2.33 bits per heavy atom. The Morgan fingerprint density at radius 1 is 1.47 bits per heavy atom. The zero-order valence-corrected chi connectivity index (χ0v) is 8.62. The van der Waals surface area contributed by atoms with Crippen LogP contribution in [0.3, 0.4) is 0 Å². The molecule has 15 heavy (non-hydrogen) atoms. The van der Waals surface area contributed by atoms with Crippen molar-refractivity contribution in [1.82, 2.24) is 4.98 Å². The molecule has 0 spiro atoms. The number of nitrogens with zero attached hydrogens (tertiary/aromatic N) is 1. The number of hydrogen-bond acceptors (Lipinski definition) is 3. The Morgan fingerprint density at radius 3 is 3.07 bits per heavy atom. The summed E-state index contributed by atoms with van der Waals surface area (Å²) < 4.78 is 12.8. The Bertz CT molecular complexity index is 329. The average Bonchev–Trinajstić information content (AvgIpc) is 2.65. The maximum absolute atomic E-state index is 12.8. The van der Waals surface area contributed by atoms with E-state index in [1.807, 2.05) is 0 Å². The lowest BCUT2D eigenvalue weighted by atomic mass is 10.0. The zero-order chi connectivity index (χ0) is 10.7. The van der Waals surface area contributed by atoms with Gasteiger partial charge >= 0.3 is 0 Å². The average molecular weight is 209 g/mol. The number of pyridine rings is 1. The van der Waals surface area contributed by atoms with Crippen LogP contribution in [0.2, 0.25) is 0 Å². The first-order valence-electron chi connectivity index (χ1n) is 5.39. The van der Waals surface area contributed by atoms with E-state index in [1.54, 1.807) is 12.1 Å². The highest BCUT2D eigenvalue weighted by molar-refractivity contribution is 5.35. The summed E-state index contributed by atoms with van der Waals surface area (Å²) in [4.78, 5) is 3.79. The predicted octanol–water partition coefficient (Wildman–Crippen LogP) is 1.76. The number of anilines is 1. The number of aromatic nitrogens is 1. The van der Waals surface area contributed by atoms with Crippen molar-refractivity contribution in [3.05, 3.63) is 24.1 Å². The van der Waals surface area contributed by atoms with Crippen LogP contribution in [0.15, 0.2) is 18.2 Å². The molecule has 2 unspecified atom stereocenters. The van der Waals surface area contributed by atoms with Crippen LogP contribution in [0.25, 0.3) is 0 Å². The summed E-state index contributed by atoms with van der Waals surface area (Å²) in [5, 5.41) is 3.25. The molecule has 0 bridgehead atoms. The highest BCUT2D eigenvalue weighted by atomic mass is 19.1. The molecule has 3 nitrogen and oxygen atoms in total. The second kappa shape index (κ2) is 4.57. The van der Waals surface area contributed by atoms with Gasteiger partial charge in [0.2, 0.25) is 5.95 Å². The van der Waals surface area contributed by atoms with E-state index >= 15 is 0 Å². The van der Waals surface area contributed by atoms with Crippen LogP contribution in [0.4, 0.5) is 10.2 Å². The highest BCUT2D eigenvalue weighted by Crippen LogP contribution is 2.27. The van der Waals surface area contributed by atoms with Gasteiger partial charge in [-0.25, -0.2) is 4.98 Å². The van der Waals surface area contributed by atoms with Crippen LogP contribution in [-0.2, 0) is 0 Å². The predicted molar refractivity (Wildman–Crippen MR) is 58.0 cm³/mol. The van der Waals surface area contributed by atoms with Crippen molar-refractivity contribution in [2.75, 3.05) is 11.9 Å². The van der Waals surface area contributed by atoms with Crippen LogP contribution >= 0.6 is 0 Å². The molecule has 0 amide bonds. The minimum atomic E-state index is -0.442. The van der Waals surface area contributed by atoms with E-state index in [9.17, 15) is 4.39 Å². The molecule has 1 aromatic rings. The minimum absolute atomic E-state index is 0.351. The van der Waals surface area contributed by atoms with Gasteiger partial charge in [-0.3, -0.25) is 0 Å². The molecular weight excluding hydrogens is 193 g/mol. The molecule has 1 aliphatic rings. The second-order valence-corrected chi connectivity index (χ2v) is 4.02. The van der Waals surface area contributed by atoms with Crippen molar-refractivity contribution in [1.29, 1.82) is 0 Å². The Balaban J connectivity index is 2.02. The van der Waals surface area contributed by atoms with Crippen molar-refractivity contribution in [3.63, 3.8) is 0 Å². The molecular formula is C11H16FN3. The highest BCUT2D eigenvalue weighted by Gasteiger charge is 2.25. The van der Waals surface area contributed by atoms with Crippen molar-refractivity contribution in [2.24, 2.45) is 11.7 Å². The molecule has 1 aromatic heterocycles. The van der Waals surface area contributed by atoms with Gasteiger partial charge in [0.25, 0.3) is 0 Å². The lowest BCUT2D eigenvalue weighted by molar-refractivity contribution is 0.513. The van der Waals surface area contributed by atoms with Gasteiger partial charge in [-0.15, -0.1) is 0 Å². The lowest BCUT2D eigenvalue weighted by Crippen LogP contribution is -2.29. The monoisotopic (exact) mass is 209 g/mol. The van der Waals surface area contributed by atoms with Gasteiger partial charge in [0.05, 0.1) is 0 Å². The summed E-state index contributed by atoms with van der Waals surface area (Å²) in [6.45, 7) is 0.687. The lowest BCUT2D eigenvalue weighted by Gasteiger charge is -2.19. The molecule has 4 heteroatoms. The largest absolute Gasteiger partial charge is 0.367 e. The van der Waals surface area contributed by atoms with E-state index in [1.165, 1.54) is 12.5 Å². The molecule has 0 radical (unpaired) electrons. The molecule has 0 aliphatic heterocycles. The summed E-state index contributed by atoms with van der Waals surface area (Å²) in [6.07, 6.45) is 3.44. The first kappa shape index (κ1) is 10.4. The first-order chi connectivity index (χ1) is 7.29. The fraction of sp³-hybridized carbons (Fsp3) is 0.545. The third-order valence-corrected chi connectivity index (χ3v) is 3.01. The Labute approximate surface area is 88.9 Å². The van der Waals surface area contributed by atoms with E-state index in [4.69, 9.17) is 5.73 Å². The molecule has 1 saturated carbocycles. The number of rotatable bonds is 3. The molecule has 82 valence electrons. The minimum Gasteiger partial charge on any atom is -0.367 e. The standard InChI is InChI=1S/C11H16FN3/c12-10-5-2-6-11(15-10)14-9-4-1-3-8(9)7-13/h2,5-6,8-9H,1,3-4,7,13H2,(H,14,15). The third-order valence-electron chi connectivity index (χ3n) is 3.01. The van der Waals surface area contributed by atoms with Crippen molar-refractivity contribution in [2.45, 2.75) is 25.3 Å². The molecule has 1 fully saturated rings. The van der Waals surface area contributed by atoms with Gasteiger partial charge in [-0.05, 0) is 37.4 Å². The molecule has 0 saturated heterocycles. The van der Waals surface area contributed by atoms with E-state index in [0.717, 1.165) is 12.8 Å². The van der Waals surface area contributed by atoms with Crippen LogP contribution in [-0.4, -0.2) is 17.6 Å². The fourth-order valence-corrected chi connectivity index (χ4v) is 2.19. The van der Waals surface area contributed by atoms with Gasteiger partial charge in [0, 0.05) is 6.04 Å². The van der Waals surface area contributed by atoms with Crippen LogP contribution in [0.1, 0.15) is 19.3 Å². The number of nitrogens with two attached hydrogens (primary N) is 1. The smallest absolute Gasteiger partial charge is 0.214 e. The van der Waals surface area contributed by atoms with E-state index in [2.05, 4.69) is 10.3 Å². The van der Waals surface area contributed by atoms with E-state index in [-0.39, 0.29) is 0 Å². The summed E-state index contributed by atoms with van der Waals surface area (Å²) in [5.74, 6) is 0.665. The van der Waals surface area contributed by atoms with Crippen molar-refractivity contribution in [3.8, 4) is 0 Å². The zero-order valence-electron chi connectivity index (χ0n) is 8.62. The van der Waals surface area contributed by atoms with E-state index in [0.29, 0.717) is 24.3 Å². The van der Waals surface area contributed by atoms with Gasteiger partial charge in [0.1, 0.15) is 5.82 Å².